The maximum Gasteiger partial charge on any atom is 0.339 e. The van der Waals surface area contributed by atoms with Crippen molar-refractivity contribution in [3.05, 3.63) is 58.7 Å². The van der Waals surface area contributed by atoms with Crippen LogP contribution in [0.15, 0.2) is 41.3 Å². The Morgan fingerprint density at radius 1 is 1.00 bits per heavy atom. The zero-order valence-electron chi connectivity index (χ0n) is 12.0. The average Bonchev–Trinajstić information content (AvgIpc) is 2.43. The molecule has 0 unspecified atom stereocenters. The summed E-state index contributed by atoms with van der Waals surface area (Å²) < 4.78 is 29.8. The van der Waals surface area contributed by atoms with Crippen molar-refractivity contribution < 1.29 is 12.6 Å². The smallest absolute Gasteiger partial charge is 0.339 e. The van der Waals surface area contributed by atoms with Gasteiger partial charge >= 0.3 is 10.1 Å². The van der Waals surface area contributed by atoms with E-state index >= 15 is 0 Å². The number of benzene rings is 2. The lowest BCUT2D eigenvalue weighted by atomic mass is 10.1. The van der Waals surface area contributed by atoms with Crippen LogP contribution in [0.2, 0.25) is 0 Å². The second kappa shape index (κ2) is 5.58. The Bertz CT molecular complexity index is 793. The van der Waals surface area contributed by atoms with Crippen LogP contribution in [0.3, 0.4) is 0 Å². The van der Waals surface area contributed by atoms with Gasteiger partial charge in [-0.3, -0.25) is 0 Å². The molecule has 0 N–H and O–H groups in total. The molecule has 0 aliphatic rings. The zero-order valence-corrected chi connectivity index (χ0v) is 12.9. The monoisotopic (exact) mass is 301 g/mol. The fourth-order valence-electron chi connectivity index (χ4n) is 2.15. The lowest BCUT2D eigenvalue weighted by Crippen LogP contribution is -2.11. The van der Waals surface area contributed by atoms with Gasteiger partial charge in [-0.2, -0.15) is 13.7 Å². The summed E-state index contributed by atoms with van der Waals surface area (Å²) in [5.41, 5.74) is 2.99. The summed E-state index contributed by atoms with van der Waals surface area (Å²) in [6.45, 7) is 5.56. The summed E-state index contributed by atoms with van der Waals surface area (Å²) in [7, 11) is -3.91. The van der Waals surface area contributed by atoms with Gasteiger partial charge in [-0.05, 0) is 56.2 Å². The molecule has 0 aromatic heterocycles. The van der Waals surface area contributed by atoms with Gasteiger partial charge in [0.05, 0.1) is 11.6 Å². The SMILES string of the molecule is Cc1cc(C)c(OS(=O)(=O)c2ccc(C#N)cc2)c(C)c1. The Balaban J connectivity index is 2.40. The van der Waals surface area contributed by atoms with Crippen LogP contribution in [0.5, 0.6) is 5.75 Å². The molecule has 0 radical (unpaired) electrons. The van der Waals surface area contributed by atoms with Crippen molar-refractivity contribution in [1.29, 1.82) is 5.26 Å². The molecule has 108 valence electrons. The van der Waals surface area contributed by atoms with Crippen LogP contribution in [0.1, 0.15) is 22.3 Å². The van der Waals surface area contributed by atoms with Crippen molar-refractivity contribution in [3.63, 3.8) is 0 Å². The molecule has 0 heterocycles. The summed E-state index contributed by atoms with van der Waals surface area (Å²) in [5.74, 6) is 0.352. The van der Waals surface area contributed by atoms with E-state index in [-0.39, 0.29) is 4.90 Å². The molecular weight excluding hydrogens is 286 g/mol. The van der Waals surface area contributed by atoms with Crippen LogP contribution < -0.4 is 4.18 Å². The third-order valence-electron chi connectivity index (χ3n) is 3.07. The maximum absolute atomic E-state index is 12.3. The first-order chi connectivity index (χ1) is 9.83. The van der Waals surface area contributed by atoms with Gasteiger partial charge in [-0.15, -0.1) is 0 Å². The van der Waals surface area contributed by atoms with Crippen molar-refractivity contribution in [3.8, 4) is 11.8 Å². The van der Waals surface area contributed by atoms with Crippen molar-refractivity contribution in [1.82, 2.24) is 0 Å². The Kier molecular flexibility index (Phi) is 4.01. The molecule has 0 saturated carbocycles. The van der Waals surface area contributed by atoms with E-state index in [4.69, 9.17) is 9.44 Å². The third kappa shape index (κ3) is 3.23. The predicted molar refractivity (Wildman–Crippen MR) is 79.6 cm³/mol. The Labute approximate surface area is 124 Å². The van der Waals surface area contributed by atoms with Gasteiger partial charge in [0.15, 0.2) is 0 Å². The third-order valence-corrected chi connectivity index (χ3v) is 4.31. The Morgan fingerprint density at radius 3 is 2.00 bits per heavy atom. The van der Waals surface area contributed by atoms with Crippen molar-refractivity contribution in [2.75, 3.05) is 0 Å². The van der Waals surface area contributed by atoms with E-state index in [9.17, 15) is 8.42 Å². The van der Waals surface area contributed by atoms with Crippen LogP contribution in [-0.2, 0) is 10.1 Å². The van der Waals surface area contributed by atoms with E-state index < -0.39 is 10.1 Å². The first kappa shape index (κ1) is 15.1. The highest BCUT2D eigenvalue weighted by molar-refractivity contribution is 7.87. The molecule has 0 amide bonds. The van der Waals surface area contributed by atoms with Gasteiger partial charge in [0.2, 0.25) is 0 Å². The summed E-state index contributed by atoms with van der Waals surface area (Å²) in [6, 6.07) is 11.3. The summed E-state index contributed by atoms with van der Waals surface area (Å²) in [4.78, 5) is 0.0286. The Hall–Kier alpha value is -2.32. The van der Waals surface area contributed by atoms with Gasteiger partial charge in [0.25, 0.3) is 0 Å². The van der Waals surface area contributed by atoms with E-state index in [1.807, 2.05) is 39.0 Å². The summed E-state index contributed by atoms with van der Waals surface area (Å²) >= 11 is 0. The van der Waals surface area contributed by atoms with Gasteiger partial charge < -0.3 is 4.18 Å². The minimum absolute atomic E-state index is 0.0286. The molecule has 0 aliphatic carbocycles. The van der Waals surface area contributed by atoms with Crippen molar-refractivity contribution in [2.45, 2.75) is 25.7 Å². The number of rotatable bonds is 3. The highest BCUT2D eigenvalue weighted by Crippen LogP contribution is 2.28. The molecular formula is C16H15NO3S. The van der Waals surface area contributed by atoms with Gasteiger partial charge in [0.1, 0.15) is 10.6 Å². The van der Waals surface area contributed by atoms with Crippen LogP contribution in [-0.4, -0.2) is 8.42 Å². The lowest BCUT2D eigenvalue weighted by Gasteiger charge is -2.13. The molecule has 21 heavy (non-hydrogen) atoms. The predicted octanol–water partition coefficient (Wildman–Crippen LogP) is 3.25. The second-order valence-electron chi connectivity index (χ2n) is 4.90. The van der Waals surface area contributed by atoms with E-state index in [1.54, 1.807) is 0 Å². The molecule has 5 heteroatoms. The van der Waals surface area contributed by atoms with Crippen LogP contribution in [0, 0.1) is 32.1 Å². The van der Waals surface area contributed by atoms with E-state index in [0.29, 0.717) is 11.3 Å². The molecule has 0 saturated heterocycles. The molecule has 0 bridgehead atoms. The fourth-order valence-corrected chi connectivity index (χ4v) is 3.20. The molecule has 4 nitrogen and oxygen atoms in total. The van der Waals surface area contributed by atoms with E-state index in [0.717, 1.165) is 16.7 Å². The average molecular weight is 301 g/mol. The first-order valence-corrected chi connectivity index (χ1v) is 7.77. The normalized spacial score (nSPS) is 11.0. The van der Waals surface area contributed by atoms with Crippen molar-refractivity contribution >= 4 is 10.1 Å². The zero-order chi connectivity index (χ0) is 15.6. The quantitative estimate of drug-likeness (QED) is 0.816. The largest absolute Gasteiger partial charge is 0.378 e. The standard InChI is InChI=1S/C16H15NO3S/c1-11-8-12(2)16(13(3)9-11)20-21(18,19)15-6-4-14(10-17)5-7-15/h4-9H,1-3H3. The highest BCUT2D eigenvalue weighted by atomic mass is 32.2. The van der Waals surface area contributed by atoms with Gasteiger partial charge in [-0.1, -0.05) is 17.7 Å². The molecule has 2 rings (SSSR count). The minimum atomic E-state index is -3.91. The molecule has 0 aliphatic heterocycles. The molecule has 2 aromatic rings. The Morgan fingerprint density at radius 2 is 1.52 bits per heavy atom. The molecule has 2 aromatic carbocycles. The molecule has 0 spiro atoms. The minimum Gasteiger partial charge on any atom is -0.378 e. The first-order valence-electron chi connectivity index (χ1n) is 6.36. The number of aryl methyl sites for hydroxylation is 3. The number of hydrogen-bond acceptors (Lipinski definition) is 4. The number of nitriles is 1. The van der Waals surface area contributed by atoms with Gasteiger partial charge in [-0.25, -0.2) is 0 Å². The molecule has 0 fully saturated rings. The maximum atomic E-state index is 12.3. The summed E-state index contributed by atoms with van der Waals surface area (Å²) in [6.07, 6.45) is 0. The second-order valence-corrected chi connectivity index (χ2v) is 6.45. The van der Waals surface area contributed by atoms with E-state index in [1.165, 1.54) is 24.3 Å². The van der Waals surface area contributed by atoms with Crippen LogP contribution in [0.25, 0.3) is 0 Å². The number of nitrogens with zero attached hydrogens (tertiary/aromatic N) is 1. The summed E-state index contributed by atoms with van der Waals surface area (Å²) in [5, 5.41) is 8.73. The highest BCUT2D eigenvalue weighted by Gasteiger charge is 2.19. The van der Waals surface area contributed by atoms with Crippen LogP contribution in [0.4, 0.5) is 0 Å². The van der Waals surface area contributed by atoms with E-state index in [2.05, 4.69) is 0 Å². The van der Waals surface area contributed by atoms with Gasteiger partial charge in [0, 0.05) is 0 Å². The molecule has 0 atom stereocenters. The lowest BCUT2D eigenvalue weighted by molar-refractivity contribution is 0.482. The van der Waals surface area contributed by atoms with Crippen LogP contribution >= 0.6 is 0 Å². The topological polar surface area (TPSA) is 67.2 Å². The fraction of sp³-hybridized carbons (Fsp3) is 0.188. The van der Waals surface area contributed by atoms with Crippen molar-refractivity contribution in [2.24, 2.45) is 0 Å². The number of hydrogen-bond donors (Lipinski definition) is 0.